The maximum absolute atomic E-state index is 12.9. The molecular formula is C24H26N6O2. The van der Waals surface area contributed by atoms with E-state index < -0.39 is 0 Å². The van der Waals surface area contributed by atoms with Crippen molar-refractivity contribution in [2.75, 3.05) is 18.0 Å². The fourth-order valence-corrected chi connectivity index (χ4v) is 4.62. The number of hydrogen-bond donors (Lipinski definition) is 0. The van der Waals surface area contributed by atoms with E-state index in [4.69, 9.17) is 9.97 Å². The van der Waals surface area contributed by atoms with E-state index in [9.17, 15) is 9.59 Å². The Morgan fingerprint density at radius 1 is 1.16 bits per heavy atom. The van der Waals surface area contributed by atoms with Crippen LogP contribution in [0.3, 0.4) is 0 Å². The number of nitrogens with zero attached hydrogens (tertiary/aromatic N) is 6. The lowest BCUT2D eigenvalue weighted by Gasteiger charge is -2.25. The summed E-state index contributed by atoms with van der Waals surface area (Å²) in [6.45, 7) is 3.40. The van der Waals surface area contributed by atoms with Crippen LogP contribution in [-0.2, 0) is 29.0 Å². The zero-order valence-corrected chi connectivity index (χ0v) is 18.1. The molecule has 0 N–H and O–H groups in total. The third kappa shape index (κ3) is 3.88. The van der Waals surface area contributed by atoms with Crippen LogP contribution in [0.2, 0.25) is 0 Å². The molecule has 32 heavy (non-hydrogen) atoms. The lowest BCUT2D eigenvalue weighted by Crippen LogP contribution is -2.35. The summed E-state index contributed by atoms with van der Waals surface area (Å²) in [6.07, 6.45) is 6.29. The van der Waals surface area contributed by atoms with Crippen molar-refractivity contribution in [2.24, 2.45) is 0 Å². The Morgan fingerprint density at radius 3 is 2.78 bits per heavy atom. The molecule has 3 aromatic rings. The average molecular weight is 431 g/mol. The number of carbonyl (C=O) groups excluding carboxylic acids is 2. The van der Waals surface area contributed by atoms with Gasteiger partial charge in [0.1, 0.15) is 12.4 Å². The van der Waals surface area contributed by atoms with Crippen LogP contribution in [0.4, 0.5) is 5.82 Å². The molecule has 4 heterocycles. The van der Waals surface area contributed by atoms with E-state index >= 15 is 0 Å². The molecule has 0 saturated carbocycles. The van der Waals surface area contributed by atoms with E-state index in [1.807, 2.05) is 36.1 Å². The van der Waals surface area contributed by atoms with Gasteiger partial charge in [0.05, 0.1) is 12.5 Å². The minimum atomic E-state index is -0.172. The van der Waals surface area contributed by atoms with Gasteiger partial charge in [-0.3, -0.25) is 19.2 Å². The summed E-state index contributed by atoms with van der Waals surface area (Å²) in [4.78, 5) is 38.9. The van der Waals surface area contributed by atoms with Crippen LogP contribution in [0.1, 0.15) is 41.5 Å². The molecule has 0 radical (unpaired) electrons. The Hall–Kier alpha value is -3.55. The molecule has 0 spiro atoms. The highest BCUT2D eigenvalue weighted by Crippen LogP contribution is 2.35. The van der Waals surface area contributed by atoms with Crippen LogP contribution in [0.25, 0.3) is 0 Å². The number of rotatable bonds is 6. The molecule has 2 aliphatic heterocycles. The van der Waals surface area contributed by atoms with Crippen molar-refractivity contribution in [3.8, 4) is 0 Å². The Labute approximate surface area is 186 Å². The van der Waals surface area contributed by atoms with E-state index in [1.54, 1.807) is 22.0 Å². The molecule has 2 amide bonds. The molecule has 2 aromatic heterocycles. The number of aryl methyl sites for hydroxylation is 1. The first-order chi connectivity index (χ1) is 15.6. The minimum absolute atomic E-state index is 0.00922. The van der Waals surface area contributed by atoms with Crippen LogP contribution >= 0.6 is 0 Å². The van der Waals surface area contributed by atoms with E-state index in [2.05, 4.69) is 17.2 Å². The zero-order valence-electron chi connectivity index (χ0n) is 18.1. The molecule has 1 fully saturated rings. The fourth-order valence-electron chi connectivity index (χ4n) is 4.62. The molecule has 8 heteroatoms. The van der Waals surface area contributed by atoms with Gasteiger partial charge in [0, 0.05) is 36.7 Å². The molecule has 1 aromatic carbocycles. The molecule has 8 nitrogen and oxygen atoms in total. The van der Waals surface area contributed by atoms with Gasteiger partial charge < -0.3 is 4.90 Å². The standard InChI is InChI=1S/C24H26N6O2/c1-17-19-15-21(31)30(14-10-18-7-3-2-4-8-18)24(19)27-23(26-17)20-9-5-13-29(20)22(32)16-28-12-6-11-25-28/h2-4,6-8,11-12,20H,5,9-10,13-16H2,1H3/t20-/m0/s1. The van der Waals surface area contributed by atoms with Gasteiger partial charge in [-0.2, -0.15) is 5.10 Å². The van der Waals surface area contributed by atoms with Gasteiger partial charge in [-0.25, -0.2) is 9.97 Å². The summed E-state index contributed by atoms with van der Waals surface area (Å²) >= 11 is 0. The second-order valence-corrected chi connectivity index (χ2v) is 8.38. The predicted molar refractivity (Wildman–Crippen MR) is 119 cm³/mol. The van der Waals surface area contributed by atoms with Crippen LogP contribution in [0, 0.1) is 6.92 Å². The number of hydrogen-bond acceptors (Lipinski definition) is 5. The van der Waals surface area contributed by atoms with Crippen molar-refractivity contribution in [1.82, 2.24) is 24.6 Å². The van der Waals surface area contributed by atoms with Gasteiger partial charge in [0.2, 0.25) is 11.8 Å². The summed E-state index contributed by atoms with van der Waals surface area (Å²) in [5.74, 6) is 1.41. The lowest BCUT2D eigenvalue weighted by atomic mass is 10.1. The molecular weight excluding hydrogens is 404 g/mol. The van der Waals surface area contributed by atoms with Crippen molar-refractivity contribution in [3.05, 3.63) is 71.4 Å². The van der Waals surface area contributed by atoms with E-state index in [-0.39, 0.29) is 24.4 Å². The Bertz CT molecular complexity index is 1130. The van der Waals surface area contributed by atoms with Crippen molar-refractivity contribution < 1.29 is 9.59 Å². The maximum Gasteiger partial charge on any atom is 0.244 e. The van der Waals surface area contributed by atoms with Gasteiger partial charge >= 0.3 is 0 Å². The quantitative estimate of drug-likeness (QED) is 0.600. The summed E-state index contributed by atoms with van der Waals surface area (Å²) in [6, 6.07) is 11.8. The molecule has 0 unspecified atom stereocenters. The highest BCUT2D eigenvalue weighted by molar-refractivity contribution is 6.00. The molecule has 0 aliphatic carbocycles. The van der Waals surface area contributed by atoms with Gasteiger partial charge in [-0.15, -0.1) is 0 Å². The van der Waals surface area contributed by atoms with Gasteiger partial charge in [0.15, 0.2) is 5.82 Å². The smallest absolute Gasteiger partial charge is 0.244 e. The molecule has 5 rings (SSSR count). The first kappa shape index (κ1) is 20.4. The summed E-state index contributed by atoms with van der Waals surface area (Å²) in [7, 11) is 0. The van der Waals surface area contributed by atoms with Crippen LogP contribution in [0.15, 0.2) is 48.8 Å². The average Bonchev–Trinajstić information content (AvgIpc) is 3.53. The number of fused-ring (bicyclic) bond motifs is 1. The van der Waals surface area contributed by atoms with E-state index in [1.165, 1.54) is 5.56 Å². The SMILES string of the molecule is Cc1nc([C@@H]2CCCN2C(=O)Cn2cccn2)nc2c1CC(=O)N2CCc1ccccc1. The zero-order chi connectivity index (χ0) is 22.1. The normalized spacial score (nSPS) is 17.8. The first-order valence-electron chi connectivity index (χ1n) is 11.1. The van der Waals surface area contributed by atoms with Gasteiger partial charge in [-0.1, -0.05) is 30.3 Å². The van der Waals surface area contributed by atoms with Crippen molar-refractivity contribution in [2.45, 2.75) is 45.2 Å². The monoisotopic (exact) mass is 430 g/mol. The molecule has 1 atom stereocenters. The largest absolute Gasteiger partial charge is 0.331 e. The van der Waals surface area contributed by atoms with Crippen molar-refractivity contribution >= 4 is 17.6 Å². The number of anilines is 1. The summed E-state index contributed by atoms with van der Waals surface area (Å²) < 4.78 is 1.64. The number of likely N-dealkylation sites (tertiary alicyclic amines) is 1. The number of amides is 2. The van der Waals surface area contributed by atoms with Crippen LogP contribution in [-0.4, -0.2) is 49.6 Å². The molecule has 2 aliphatic rings. The van der Waals surface area contributed by atoms with Crippen LogP contribution in [0.5, 0.6) is 0 Å². The Kier molecular flexibility index (Phi) is 5.43. The third-order valence-electron chi connectivity index (χ3n) is 6.29. The van der Waals surface area contributed by atoms with E-state index in [0.29, 0.717) is 31.2 Å². The molecule has 1 saturated heterocycles. The summed E-state index contributed by atoms with van der Waals surface area (Å²) in [5, 5.41) is 4.14. The fraction of sp³-hybridized carbons (Fsp3) is 0.375. The third-order valence-corrected chi connectivity index (χ3v) is 6.29. The minimum Gasteiger partial charge on any atom is -0.331 e. The molecule has 0 bridgehead atoms. The maximum atomic E-state index is 12.9. The van der Waals surface area contributed by atoms with E-state index in [0.717, 1.165) is 30.5 Å². The Morgan fingerprint density at radius 2 is 2.00 bits per heavy atom. The highest BCUT2D eigenvalue weighted by Gasteiger charge is 2.36. The second-order valence-electron chi connectivity index (χ2n) is 8.38. The number of benzene rings is 1. The first-order valence-corrected chi connectivity index (χ1v) is 11.1. The number of aromatic nitrogens is 4. The molecule has 164 valence electrons. The summed E-state index contributed by atoms with van der Waals surface area (Å²) in [5.41, 5.74) is 2.91. The number of carbonyl (C=O) groups is 2. The van der Waals surface area contributed by atoms with Crippen molar-refractivity contribution in [1.29, 1.82) is 0 Å². The van der Waals surface area contributed by atoms with Crippen molar-refractivity contribution in [3.63, 3.8) is 0 Å². The highest BCUT2D eigenvalue weighted by atomic mass is 16.2. The van der Waals surface area contributed by atoms with Gasteiger partial charge in [0.25, 0.3) is 0 Å². The topological polar surface area (TPSA) is 84.2 Å². The van der Waals surface area contributed by atoms with Crippen LogP contribution < -0.4 is 4.90 Å². The second kappa shape index (κ2) is 8.53. The predicted octanol–water partition coefficient (Wildman–Crippen LogP) is 2.48. The Balaban J connectivity index is 1.38. The van der Waals surface area contributed by atoms with Gasteiger partial charge in [-0.05, 0) is 37.8 Å². The lowest BCUT2D eigenvalue weighted by molar-refractivity contribution is -0.133.